The van der Waals surface area contributed by atoms with Crippen LogP contribution in [0.4, 0.5) is 5.69 Å². The number of aliphatic carboxylic acids is 1. The molecule has 0 aliphatic rings. The maximum atomic E-state index is 10.9. The van der Waals surface area contributed by atoms with Crippen LogP contribution in [0, 0.1) is 13.8 Å². The topological polar surface area (TPSA) is 49.3 Å². The van der Waals surface area contributed by atoms with Crippen molar-refractivity contribution in [1.82, 2.24) is 0 Å². The van der Waals surface area contributed by atoms with Crippen LogP contribution in [-0.2, 0) is 4.79 Å². The SMILES string of the molecule is CCC(Nc1c(C)cc(C)cc1Br)C(=O)O. The Morgan fingerprint density at radius 2 is 2.12 bits per heavy atom. The summed E-state index contributed by atoms with van der Waals surface area (Å²) >= 11 is 3.45. The van der Waals surface area contributed by atoms with E-state index >= 15 is 0 Å². The van der Waals surface area contributed by atoms with Crippen molar-refractivity contribution in [2.75, 3.05) is 5.32 Å². The number of hydrogen-bond acceptors (Lipinski definition) is 2. The summed E-state index contributed by atoms with van der Waals surface area (Å²) in [7, 11) is 0. The first-order valence-corrected chi connectivity index (χ1v) is 6.01. The van der Waals surface area contributed by atoms with Crippen molar-refractivity contribution in [3.63, 3.8) is 0 Å². The van der Waals surface area contributed by atoms with Gasteiger partial charge in [-0.3, -0.25) is 0 Å². The van der Waals surface area contributed by atoms with Gasteiger partial charge in [0.05, 0.1) is 5.69 Å². The van der Waals surface area contributed by atoms with Crippen LogP contribution in [0.5, 0.6) is 0 Å². The Kier molecular flexibility index (Phi) is 4.35. The molecule has 16 heavy (non-hydrogen) atoms. The van der Waals surface area contributed by atoms with Gasteiger partial charge in [-0.15, -0.1) is 0 Å². The second kappa shape index (κ2) is 5.34. The van der Waals surface area contributed by atoms with Crippen LogP contribution in [0.1, 0.15) is 24.5 Å². The molecule has 0 aliphatic carbocycles. The Morgan fingerprint density at radius 3 is 2.56 bits per heavy atom. The molecular formula is C12H16BrNO2. The number of aryl methyl sites for hydroxylation is 2. The summed E-state index contributed by atoms with van der Waals surface area (Å²) in [4.78, 5) is 10.9. The highest BCUT2D eigenvalue weighted by Crippen LogP contribution is 2.28. The maximum Gasteiger partial charge on any atom is 0.326 e. The summed E-state index contributed by atoms with van der Waals surface area (Å²) in [5, 5.41) is 12.0. The minimum atomic E-state index is -0.825. The summed E-state index contributed by atoms with van der Waals surface area (Å²) in [6.45, 7) is 5.83. The zero-order chi connectivity index (χ0) is 12.3. The molecule has 2 N–H and O–H groups in total. The van der Waals surface area contributed by atoms with E-state index in [2.05, 4.69) is 21.2 Å². The molecule has 1 unspecified atom stereocenters. The van der Waals surface area contributed by atoms with Gasteiger partial charge in [-0.05, 0) is 53.4 Å². The number of benzene rings is 1. The molecule has 88 valence electrons. The predicted molar refractivity (Wildman–Crippen MR) is 69.0 cm³/mol. The number of halogens is 1. The lowest BCUT2D eigenvalue weighted by Crippen LogP contribution is -2.28. The summed E-state index contributed by atoms with van der Waals surface area (Å²) in [5.74, 6) is -0.825. The molecule has 0 heterocycles. The molecule has 4 heteroatoms. The molecule has 0 radical (unpaired) electrons. The highest BCUT2D eigenvalue weighted by Gasteiger charge is 2.16. The van der Waals surface area contributed by atoms with Gasteiger partial charge in [0.25, 0.3) is 0 Å². The van der Waals surface area contributed by atoms with E-state index in [0.717, 1.165) is 21.3 Å². The largest absolute Gasteiger partial charge is 0.480 e. The number of anilines is 1. The third kappa shape index (κ3) is 2.98. The quantitative estimate of drug-likeness (QED) is 0.892. The van der Waals surface area contributed by atoms with Crippen molar-refractivity contribution in [1.29, 1.82) is 0 Å². The van der Waals surface area contributed by atoms with E-state index in [9.17, 15) is 4.79 Å². The van der Waals surface area contributed by atoms with Gasteiger partial charge in [-0.2, -0.15) is 0 Å². The third-order valence-corrected chi connectivity index (χ3v) is 3.08. The average molecular weight is 286 g/mol. The van der Waals surface area contributed by atoms with E-state index in [1.807, 2.05) is 32.9 Å². The third-order valence-electron chi connectivity index (χ3n) is 2.46. The van der Waals surface area contributed by atoms with Crippen LogP contribution in [-0.4, -0.2) is 17.1 Å². The predicted octanol–water partition coefficient (Wildman–Crippen LogP) is 3.34. The molecule has 1 atom stereocenters. The Bertz CT molecular complexity index is 381. The lowest BCUT2D eigenvalue weighted by Gasteiger charge is -2.17. The van der Waals surface area contributed by atoms with Crippen LogP contribution in [0.15, 0.2) is 16.6 Å². The van der Waals surface area contributed by atoms with E-state index < -0.39 is 12.0 Å². The second-order valence-corrected chi connectivity index (χ2v) is 4.74. The van der Waals surface area contributed by atoms with Crippen LogP contribution in [0.3, 0.4) is 0 Å². The van der Waals surface area contributed by atoms with Gasteiger partial charge in [0.15, 0.2) is 0 Å². The molecule has 0 aliphatic heterocycles. The lowest BCUT2D eigenvalue weighted by molar-refractivity contribution is -0.137. The van der Waals surface area contributed by atoms with Crippen LogP contribution < -0.4 is 5.32 Å². The minimum Gasteiger partial charge on any atom is -0.480 e. The van der Waals surface area contributed by atoms with E-state index in [-0.39, 0.29) is 0 Å². The summed E-state index contributed by atoms with van der Waals surface area (Å²) in [6.07, 6.45) is 0.551. The van der Waals surface area contributed by atoms with Gasteiger partial charge < -0.3 is 10.4 Å². The van der Waals surface area contributed by atoms with Crippen molar-refractivity contribution in [3.8, 4) is 0 Å². The first-order chi connectivity index (χ1) is 7.45. The molecule has 0 saturated carbocycles. The standard InChI is InChI=1S/C12H16BrNO2/c1-4-10(12(15)16)14-11-8(3)5-7(2)6-9(11)13/h5-6,10,14H,4H2,1-3H3,(H,15,16). The lowest BCUT2D eigenvalue weighted by atomic mass is 10.1. The molecule has 0 amide bonds. The Hall–Kier alpha value is -1.03. The van der Waals surface area contributed by atoms with Crippen molar-refractivity contribution in [3.05, 3.63) is 27.7 Å². The number of carbonyl (C=O) groups is 1. The van der Waals surface area contributed by atoms with Gasteiger partial charge >= 0.3 is 5.97 Å². The fourth-order valence-electron chi connectivity index (χ4n) is 1.61. The first kappa shape index (κ1) is 13.0. The second-order valence-electron chi connectivity index (χ2n) is 3.88. The molecule has 1 aromatic carbocycles. The number of carboxylic acid groups (broad SMARTS) is 1. The molecule has 0 bridgehead atoms. The maximum absolute atomic E-state index is 10.9. The molecule has 0 fully saturated rings. The van der Waals surface area contributed by atoms with E-state index in [1.165, 1.54) is 0 Å². The molecule has 1 aromatic rings. The van der Waals surface area contributed by atoms with Crippen LogP contribution >= 0.6 is 15.9 Å². The molecule has 0 saturated heterocycles. The fraction of sp³-hybridized carbons (Fsp3) is 0.417. The van der Waals surface area contributed by atoms with Crippen molar-refractivity contribution in [2.24, 2.45) is 0 Å². The van der Waals surface area contributed by atoms with Gasteiger partial charge in [0.1, 0.15) is 6.04 Å². The highest BCUT2D eigenvalue weighted by atomic mass is 79.9. The number of nitrogens with one attached hydrogen (secondary N) is 1. The van der Waals surface area contributed by atoms with Crippen LogP contribution in [0.25, 0.3) is 0 Å². The average Bonchev–Trinajstić information content (AvgIpc) is 2.15. The van der Waals surface area contributed by atoms with Crippen molar-refractivity contribution >= 4 is 27.6 Å². The smallest absolute Gasteiger partial charge is 0.326 e. The fourth-order valence-corrected chi connectivity index (χ4v) is 2.40. The highest BCUT2D eigenvalue weighted by molar-refractivity contribution is 9.10. The molecule has 0 aromatic heterocycles. The van der Waals surface area contributed by atoms with Gasteiger partial charge in [0, 0.05) is 4.47 Å². The van der Waals surface area contributed by atoms with E-state index in [0.29, 0.717) is 6.42 Å². The van der Waals surface area contributed by atoms with Gasteiger partial charge in [-0.1, -0.05) is 13.0 Å². The summed E-state index contributed by atoms with van der Waals surface area (Å²) < 4.78 is 0.907. The molecule has 1 rings (SSSR count). The molecular weight excluding hydrogens is 270 g/mol. The van der Waals surface area contributed by atoms with Gasteiger partial charge in [-0.25, -0.2) is 4.79 Å². The van der Waals surface area contributed by atoms with Gasteiger partial charge in [0.2, 0.25) is 0 Å². The first-order valence-electron chi connectivity index (χ1n) is 5.21. The summed E-state index contributed by atoms with van der Waals surface area (Å²) in [5.41, 5.74) is 3.06. The normalized spacial score (nSPS) is 12.2. The van der Waals surface area contributed by atoms with Crippen LogP contribution in [0.2, 0.25) is 0 Å². The molecule has 0 spiro atoms. The number of hydrogen-bond donors (Lipinski definition) is 2. The van der Waals surface area contributed by atoms with Crippen molar-refractivity contribution < 1.29 is 9.90 Å². The Balaban J connectivity index is 3.01. The van der Waals surface area contributed by atoms with E-state index in [1.54, 1.807) is 0 Å². The Morgan fingerprint density at radius 1 is 1.50 bits per heavy atom. The summed E-state index contributed by atoms with van der Waals surface area (Å²) in [6, 6.07) is 3.46. The molecule has 3 nitrogen and oxygen atoms in total. The minimum absolute atomic E-state index is 0.544. The number of rotatable bonds is 4. The zero-order valence-electron chi connectivity index (χ0n) is 9.67. The van der Waals surface area contributed by atoms with Crippen molar-refractivity contribution in [2.45, 2.75) is 33.2 Å². The Labute approximate surface area is 104 Å². The monoisotopic (exact) mass is 285 g/mol. The number of carboxylic acids is 1. The zero-order valence-corrected chi connectivity index (χ0v) is 11.3. The van der Waals surface area contributed by atoms with E-state index in [4.69, 9.17) is 5.11 Å².